The molecule has 4 aromatic rings. The Bertz CT molecular complexity index is 1270. The number of carboxylic acids is 1. The van der Waals surface area contributed by atoms with Gasteiger partial charge < -0.3 is 11.8 Å². The van der Waals surface area contributed by atoms with Gasteiger partial charge in [-0.25, -0.2) is 19.0 Å². The van der Waals surface area contributed by atoms with Gasteiger partial charge in [-0.15, -0.1) is 11.3 Å². The summed E-state index contributed by atoms with van der Waals surface area (Å²) in [5.41, 5.74) is 2.02. The second-order valence-corrected chi connectivity index (χ2v) is 8.10. The van der Waals surface area contributed by atoms with Crippen molar-refractivity contribution < 1.29 is 39.4 Å². The Morgan fingerprint density at radius 1 is 1.26 bits per heavy atom. The molecule has 0 unspecified atom stereocenters. The van der Waals surface area contributed by atoms with E-state index < -0.39 is 17.8 Å². The summed E-state index contributed by atoms with van der Waals surface area (Å²) in [6, 6.07) is 8.03. The van der Waals surface area contributed by atoms with Crippen LogP contribution in [-0.2, 0) is 0 Å². The molecule has 1 aromatic carbocycles. The van der Waals surface area contributed by atoms with Crippen LogP contribution in [0.25, 0.3) is 32.6 Å². The molecule has 0 bridgehead atoms. The van der Waals surface area contributed by atoms with Gasteiger partial charge in [-0.05, 0) is 42.1 Å². The third-order valence-electron chi connectivity index (χ3n) is 4.22. The van der Waals surface area contributed by atoms with Crippen molar-refractivity contribution >= 4 is 50.0 Å². The van der Waals surface area contributed by atoms with Crippen LogP contribution >= 0.6 is 22.7 Å². The first-order chi connectivity index (χ1) is 14.5. The molecule has 3 heterocycles. The summed E-state index contributed by atoms with van der Waals surface area (Å²) in [6.45, 7) is 2.23. The third kappa shape index (κ3) is 4.62. The monoisotopic (exact) mass is 450 g/mol. The summed E-state index contributed by atoms with van der Waals surface area (Å²) >= 11 is 2.17. The first-order valence-corrected chi connectivity index (χ1v) is 10.6. The Hall–Kier alpha value is -2.77. The zero-order valence-corrected chi connectivity index (χ0v) is 18.2. The van der Waals surface area contributed by atoms with Gasteiger partial charge in [-0.2, -0.15) is 0 Å². The van der Waals surface area contributed by atoms with Gasteiger partial charge in [0, 0.05) is 23.9 Å². The number of carboxylic acid groups (broad SMARTS) is 1. The van der Waals surface area contributed by atoms with Gasteiger partial charge in [0.1, 0.15) is 10.4 Å². The molecule has 3 N–H and O–H groups in total. The molecule has 11 heteroatoms. The van der Waals surface area contributed by atoms with Crippen molar-refractivity contribution in [1.29, 1.82) is 0 Å². The third-order valence-corrected chi connectivity index (χ3v) is 6.15. The Labute approximate surface area is 198 Å². The molecule has 4 rings (SSSR count). The van der Waals surface area contributed by atoms with Gasteiger partial charge in [-0.1, -0.05) is 17.4 Å². The number of benzene rings is 1. The van der Waals surface area contributed by atoms with Gasteiger partial charge in [0.15, 0.2) is 10.9 Å². The predicted octanol–water partition coefficient (Wildman–Crippen LogP) is 2.18. The molecular weight excluding hydrogens is 434 g/mol. The quantitative estimate of drug-likeness (QED) is 0.405. The molecule has 7 nitrogen and oxygen atoms in total. The largest absolute Gasteiger partial charge is 1.00 e. The van der Waals surface area contributed by atoms with Crippen molar-refractivity contribution in [1.82, 2.24) is 15.3 Å². The number of pyridine rings is 1. The van der Waals surface area contributed by atoms with Crippen molar-refractivity contribution in [3.8, 4) is 22.4 Å². The van der Waals surface area contributed by atoms with Crippen molar-refractivity contribution in [3.05, 3.63) is 52.6 Å². The van der Waals surface area contributed by atoms with Gasteiger partial charge in [-0.3, -0.25) is 10.3 Å². The summed E-state index contributed by atoms with van der Waals surface area (Å²) in [5.74, 6) is -1.65. The molecule has 0 aliphatic carbocycles. The number of aromatic nitrogens is 2. The number of hydrogen-bond acceptors (Lipinski definition) is 6. The molecule has 3 aromatic heterocycles. The SMILES string of the molecule is CCNC(=O)Nc1nc2c(F)c(-c3csc(C(=O)O)c3)cc(-c3ccccn3)c2s1.[H-].[Li+]. The number of rotatable bonds is 5. The molecule has 31 heavy (non-hydrogen) atoms. The Balaban J connectivity index is 0.00000181. The summed E-state index contributed by atoms with van der Waals surface area (Å²) in [7, 11) is 0. The number of thiazole rings is 1. The fraction of sp³-hybridized carbons (Fsp3) is 0.100. The van der Waals surface area contributed by atoms with E-state index in [1.54, 1.807) is 36.7 Å². The summed E-state index contributed by atoms with van der Waals surface area (Å²) in [4.78, 5) is 31.9. The average Bonchev–Trinajstić information content (AvgIpc) is 3.37. The molecule has 0 saturated carbocycles. The number of fused-ring (bicyclic) bond motifs is 1. The first-order valence-electron chi connectivity index (χ1n) is 8.89. The van der Waals surface area contributed by atoms with Gasteiger partial charge in [0.05, 0.1) is 10.4 Å². The standard InChI is InChI=1S/C20H15FN4O3S2.Li.H/c1-2-22-19(28)25-20-24-16-15(21)11(10-7-14(18(26)27)29-9-10)8-12(17(16)30-20)13-5-3-4-6-23-13;;/h3-9H,2H2,1H3,(H,26,27)(H2,22,24,25,28);;/q;+1;-1. The smallest absolute Gasteiger partial charge is 1.00 e. The fourth-order valence-electron chi connectivity index (χ4n) is 2.92. The van der Waals surface area contributed by atoms with Gasteiger partial charge >= 0.3 is 30.9 Å². The van der Waals surface area contributed by atoms with E-state index in [-0.39, 0.29) is 41.4 Å². The van der Waals surface area contributed by atoms with Crippen molar-refractivity contribution in [3.63, 3.8) is 0 Å². The number of aromatic carboxylic acids is 1. The van der Waals surface area contributed by atoms with Crippen LogP contribution in [0.1, 0.15) is 18.0 Å². The van der Waals surface area contributed by atoms with Crippen LogP contribution in [0.5, 0.6) is 0 Å². The zero-order valence-electron chi connectivity index (χ0n) is 17.6. The van der Waals surface area contributed by atoms with E-state index in [9.17, 15) is 14.7 Å². The maximum absolute atomic E-state index is 15.4. The predicted molar refractivity (Wildman–Crippen MR) is 117 cm³/mol. The molecule has 0 aliphatic rings. The number of anilines is 1. The number of halogens is 1. The second-order valence-electron chi connectivity index (χ2n) is 6.19. The van der Waals surface area contributed by atoms with Crippen LogP contribution in [0.15, 0.2) is 41.9 Å². The van der Waals surface area contributed by atoms with Crippen molar-refractivity contribution in [2.24, 2.45) is 0 Å². The minimum atomic E-state index is -1.07. The van der Waals surface area contributed by atoms with E-state index in [2.05, 4.69) is 20.6 Å². The van der Waals surface area contributed by atoms with E-state index >= 15 is 4.39 Å². The van der Waals surface area contributed by atoms with Crippen molar-refractivity contribution in [2.75, 3.05) is 11.9 Å². The first kappa shape index (κ1) is 22.9. The normalized spacial score (nSPS) is 10.5. The maximum atomic E-state index is 15.4. The molecule has 154 valence electrons. The topological polar surface area (TPSA) is 104 Å². The van der Waals surface area contributed by atoms with Crippen LogP contribution < -0.4 is 29.5 Å². The maximum Gasteiger partial charge on any atom is 1.00 e. The molecule has 0 atom stereocenters. The van der Waals surface area contributed by atoms with Crippen LogP contribution in [0.3, 0.4) is 0 Å². The summed E-state index contributed by atoms with van der Waals surface area (Å²) in [6.07, 6.45) is 1.63. The van der Waals surface area contributed by atoms with Gasteiger partial charge in [0.2, 0.25) is 0 Å². The Morgan fingerprint density at radius 3 is 2.71 bits per heavy atom. The minimum Gasteiger partial charge on any atom is -1.00 e. The van der Waals surface area contributed by atoms with Crippen LogP contribution in [0, 0.1) is 5.82 Å². The fourth-order valence-corrected chi connectivity index (χ4v) is 4.64. The van der Waals surface area contributed by atoms with E-state index in [4.69, 9.17) is 0 Å². The van der Waals surface area contributed by atoms with E-state index in [0.717, 1.165) is 22.7 Å². The molecule has 2 amide bonds. The summed E-state index contributed by atoms with van der Waals surface area (Å²) in [5, 5.41) is 16.3. The molecule has 0 spiro atoms. The molecule has 0 saturated heterocycles. The number of nitrogens with one attached hydrogen (secondary N) is 2. The number of nitrogens with zero attached hydrogens (tertiary/aromatic N) is 2. The number of carbonyl (C=O) groups is 2. The van der Waals surface area contributed by atoms with Crippen molar-refractivity contribution in [2.45, 2.75) is 6.92 Å². The molecule has 0 fully saturated rings. The molecule has 0 aliphatic heterocycles. The number of thiophene rings is 1. The Morgan fingerprint density at radius 2 is 2.06 bits per heavy atom. The zero-order chi connectivity index (χ0) is 21.3. The van der Waals surface area contributed by atoms with Crippen LogP contribution in [0.4, 0.5) is 14.3 Å². The molecular formula is C20H16FLiN4O3S2. The minimum absolute atomic E-state index is 0. The van der Waals surface area contributed by atoms with Crippen LogP contribution in [-0.4, -0.2) is 33.6 Å². The van der Waals surface area contributed by atoms with E-state index in [1.807, 2.05) is 6.07 Å². The average molecular weight is 450 g/mol. The number of urea groups is 1. The number of amides is 2. The number of hydrogen-bond donors (Lipinski definition) is 3. The van der Waals surface area contributed by atoms with E-state index in [1.165, 1.54) is 6.07 Å². The Kier molecular flexibility index (Phi) is 7.07. The molecule has 0 radical (unpaired) electrons. The second kappa shape index (κ2) is 9.57. The summed E-state index contributed by atoms with van der Waals surface area (Å²) < 4.78 is 15.9. The van der Waals surface area contributed by atoms with Gasteiger partial charge in [0.25, 0.3) is 0 Å². The van der Waals surface area contributed by atoms with Crippen LogP contribution in [0.2, 0.25) is 0 Å². The van der Waals surface area contributed by atoms with E-state index in [0.29, 0.717) is 28.1 Å². The number of carbonyl (C=O) groups excluding carboxylic acids is 1.